The van der Waals surface area contributed by atoms with Crippen LogP contribution in [-0.2, 0) is 27.2 Å². The lowest BCUT2D eigenvalue weighted by molar-refractivity contribution is 0.112. The van der Waals surface area contributed by atoms with E-state index in [0.717, 1.165) is 73.3 Å². The molecule has 8 rings (SSSR count). The fraction of sp³-hybridized carbons (Fsp3) is 0.306. The molecule has 0 atom stereocenters. The summed E-state index contributed by atoms with van der Waals surface area (Å²) in [5, 5.41) is 20.4. The molecule has 0 spiro atoms. The number of hydrogen-bond donors (Lipinski definition) is 3. The number of benzene rings is 3. The first-order valence-corrected chi connectivity index (χ1v) is 17.6. The second-order valence-electron chi connectivity index (χ2n) is 12.9. The first kappa shape index (κ1) is 33.3. The number of hydrogen-bond acceptors (Lipinski definition) is 10. The predicted molar refractivity (Wildman–Crippen MR) is 199 cm³/mol. The van der Waals surface area contributed by atoms with E-state index < -0.39 is 5.82 Å². The van der Waals surface area contributed by atoms with Crippen LogP contribution in [0.5, 0.6) is 5.75 Å². The van der Waals surface area contributed by atoms with Gasteiger partial charge in [0.05, 0.1) is 66.1 Å². The Hall–Kier alpha value is -4.82. The van der Waals surface area contributed by atoms with Crippen molar-refractivity contribution in [2.75, 3.05) is 59.8 Å². The van der Waals surface area contributed by atoms with Crippen molar-refractivity contribution >= 4 is 75.2 Å². The molecule has 264 valence electrons. The predicted octanol–water partition coefficient (Wildman–Crippen LogP) is 6.88. The molecule has 15 heteroatoms. The number of carbonyl (C=O) groups is 1. The van der Waals surface area contributed by atoms with E-state index >= 15 is 4.39 Å². The van der Waals surface area contributed by atoms with E-state index in [4.69, 9.17) is 27.9 Å². The highest BCUT2D eigenvalue weighted by atomic mass is 35.5. The van der Waals surface area contributed by atoms with E-state index in [9.17, 15) is 4.79 Å². The van der Waals surface area contributed by atoms with E-state index in [0.29, 0.717) is 52.3 Å². The number of aryl methyl sites for hydroxylation is 2. The first-order valence-electron chi connectivity index (χ1n) is 16.9. The van der Waals surface area contributed by atoms with E-state index in [2.05, 4.69) is 31.0 Å². The van der Waals surface area contributed by atoms with Crippen molar-refractivity contribution in [3.63, 3.8) is 0 Å². The van der Waals surface area contributed by atoms with E-state index in [1.54, 1.807) is 40.0 Å². The van der Waals surface area contributed by atoms with Crippen molar-refractivity contribution in [2.24, 2.45) is 14.1 Å². The van der Waals surface area contributed by atoms with Crippen molar-refractivity contribution in [1.82, 2.24) is 29.8 Å². The van der Waals surface area contributed by atoms with E-state index in [1.807, 2.05) is 48.2 Å². The van der Waals surface area contributed by atoms with Gasteiger partial charge in [-0.05, 0) is 48.9 Å². The summed E-state index contributed by atoms with van der Waals surface area (Å²) in [6, 6.07) is 12.6. The molecule has 0 bridgehead atoms. The standard InChI is InChI=1S/C36H37Cl2FN10O2/c1-45-35-23(17-41-45)19-48(29-6-4-25(37)15-27(29)43-35)31-14-22(21-50)32(39)33(34(31)51-13-3-10-47-11-8-40-9-12-47)49-20-24-18-42-46(2)36(24)44-28-16-26(38)5-7-30(28)49/h4-7,14-18,21,40,43-44H,3,8-13,19-20H2,1-2H3. The smallest absolute Gasteiger partial charge is 0.169 e. The largest absolute Gasteiger partial charge is 0.489 e. The van der Waals surface area contributed by atoms with Gasteiger partial charge < -0.3 is 35.4 Å². The monoisotopic (exact) mass is 730 g/mol. The van der Waals surface area contributed by atoms with Gasteiger partial charge in [-0.15, -0.1) is 0 Å². The molecular weight excluding hydrogens is 694 g/mol. The highest BCUT2D eigenvalue weighted by Crippen LogP contribution is 2.52. The van der Waals surface area contributed by atoms with Crippen molar-refractivity contribution in [1.29, 1.82) is 0 Å². The molecule has 3 N–H and O–H groups in total. The summed E-state index contributed by atoms with van der Waals surface area (Å²) < 4.78 is 27.4. The molecule has 2 aromatic heterocycles. The fourth-order valence-corrected chi connectivity index (χ4v) is 7.43. The SMILES string of the molecule is Cn1ncc2c1Nc1cc(Cl)ccc1N(c1cc(C=O)c(F)c(N3Cc4cnn(C)c4Nc4cc(Cl)ccc43)c1OCCCN1CCNCC1)C2. The number of aldehydes is 1. The summed E-state index contributed by atoms with van der Waals surface area (Å²) in [5.41, 5.74) is 5.10. The van der Waals surface area contributed by atoms with Crippen LogP contribution in [0.3, 0.4) is 0 Å². The van der Waals surface area contributed by atoms with Crippen LogP contribution in [0.1, 0.15) is 27.9 Å². The summed E-state index contributed by atoms with van der Waals surface area (Å²) in [6.07, 6.45) is 4.83. The maximum Gasteiger partial charge on any atom is 0.169 e. The number of nitrogens with one attached hydrogen (secondary N) is 3. The number of piperazine rings is 1. The Kier molecular flexibility index (Phi) is 8.96. The molecule has 3 aliphatic rings. The number of rotatable bonds is 8. The number of nitrogens with zero attached hydrogens (tertiary/aromatic N) is 7. The molecule has 3 aliphatic heterocycles. The lowest BCUT2D eigenvalue weighted by atomic mass is 10.1. The van der Waals surface area contributed by atoms with E-state index in [-0.39, 0.29) is 17.8 Å². The van der Waals surface area contributed by atoms with Crippen LogP contribution >= 0.6 is 23.2 Å². The zero-order valence-electron chi connectivity index (χ0n) is 28.2. The van der Waals surface area contributed by atoms with Gasteiger partial charge in [-0.2, -0.15) is 10.2 Å². The Bertz CT molecular complexity index is 2130. The van der Waals surface area contributed by atoms with Crippen molar-refractivity contribution < 1.29 is 13.9 Å². The maximum absolute atomic E-state index is 17.1. The topological polar surface area (TPSA) is 108 Å². The fourth-order valence-electron chi connectivity index (χ4n) is 7.09. The number of anilines is 8. The third-order valence-corrected chi connectivity index (χ3v) is 10.1. The van der Waals surface area contributed by atoms with Crippen molar-refractivity contribution in [2.45, 2.75) is 19.5 Å². The van der Waals surface area contributed by atoms with Gasteiger partial charge in [0.1, 0.15) is 17.3 Å². The maximum atomic E-state index is 17.1. The molecule has 3 aromatic carbocycles. The van der Waals surface area contributed by atoms with Gasteiger partial charge in [-0.3, -0.25) is 14.2 Å². The van der Waals surface area contributed by atoms with Crippen LogP contribution in [0, 0.1) is 5.82 Å². The second-order valence-corrected chi connectivity index (χ2v) is 13.8. The molecule has 5 heterocycles. The second kappa shape index (κ2) is 13.7. The number of aromatic nitrogens is 4. The van der Waals surface area contributed by atoms with E-state index in [1.165, 1.54) is 0 Å². The normalized spacial score (nSPS) is 15.5. The van der Waals surface area contributed by atoms with Crippen molar-refractivity contribution in [3.8, 4) is 5.75 Å². The Morgan fingerprint density at radius 2 is 1.43 bits per heavy atom. The lowest BCUT2D eigenvalue weighted by Crippen LogP contribution is -2.44. The average Bonchev–Trinajstić information content (AvgIpc) is 3.52. The minimum atomic E-state index is -0.689. The quantitative estimate of drug-likeness (QED) is 0.116. The van der Waals surface area contributed by atoms with Crippen LogP contribution in [0.2, 0.25) is 10.0 Å². The lowest BCUT2D eigenvalue weighted by Gasteiger charge is -2.33. The summed E-state index contributed by atoms with van der Waals surface area (Å²) in [4.78, 5) is 19.0. The molecule has 1 fully saturated rings. The number of ether oxygens (including phenoxy) is 1. The minimum absolute atomic E-state index is 0.105. The zero-order valence-corrected chi connectivity index (χ0v) is 29.7. The molecule has 12 nitrogen and oxygen atoms in total. The average molecular weight is 732 g/mol. The number of carbonyl (C=O) groups excluding carboxylic acids is 1. The molecular formula is C36H37Cl2FN10O2. The summed E-state index contributed by atoms with van der Waals surface area (Å²) >= 11 is 13.0. The van der Waals surface area contributed by atoms with Crippen LogP contribution in [0.25, 0.3) is 0 Å². The highest BCUT2D eigenvalue weighted by molar-refractivity contribution is 6.31. The van der Waals surface area contributed by atoms with Gasteiger partial charge in [-0.25, -0.2) is 4.39 Å². The third-order valence-electron chi connectivity index (χ3n) is 9.65. The number of halogens is 3. The molecule has 51 heavy (non-hydrogen) atoms. The Balaban J connectivity index is 1.32. The highest BCUT2D eigenvalue weighted by Gasteiger charge is 2.34. The van der Waals surface area contributed by atoms with Crippen LogP contribution in [0.4, 0.5) is 50.2 Å². The van der Waals surface area contributed by atoms with Gasteiger partial charge in [0, 0.05) is 68.0 Å². The molecule has 0 aliphatic carbocycles. The summed E-state index contributed by atoms with van der Waals surface area (Å²) in [7, 11) is 3.71. The molecule has 0 saturated carbocycles. The van der Waals surface area contributed by atoms with Crippen LogP contribution < -0.4 is 30.5 Å². The van der Waals surface area contributed by atoms with Crippen molar-refractivity contribution in [3.05, 3.63) is 87.4 Å². The molecule has 0 unspecified atom stereocenters. The molecule has 5 aromatic rings. The third kappa shape index (κ3) is 6.24. The van der Waals surface area contributed by atoms with Gasteiger partial charge in [-0.1, -0.05) is 23.2 Å². The Morgan fingerprint density at radius 1 is 0.843 bits per heavy atom. The van der Waals surface area contributed by atoms with Gasteiger partial charge >= 0.3 is 0 Å². The van der Waals surface area contributed by atoms with Gasteiger partial charge in [0.25, 0.3) is 0 Å². The van der Waals surface area contributed by atoms with Gasteiger partial charge in [0.2, 0.25) is 0 Å². The first-order chi connectivity index (χ1) is 24.8. The van der Waals surface area contributed by atoms with Crippen LogP contribution in [0.15, 0.2) is 54.9 Å². The summed E-state index contributed by atoms with van der Waals surface area (Å²) in [6.45, 7) is 5.55. The van der Waals surface area contributed by atoms with Gasteiger partial charge in [0.15, 0.2) is 17.9 Å². The number of fused-ring (bicyclic) bond motifs is 4. The molecule has 0 radical (unpaired) electrons. The Morgan fingerprint density at radius 3 is 2.04 bits per heavy atom. The molecule has 0 amide bonds. The Labute approximate surface area is 304 Å². The zero-order chi connectivity index (χ0) is 35.2. The summed E-state index contributed by atoms with van der Waals surface area (Å²) in [5.74, 6) is 1.16. The van der Waals surface area contributed by atoms with Crippen LogP contribution in [-0.4, -0.2) is 70.1 Å². The molecule has 1 saturated heterocycles. The minimum Gasteiger partial charge on any atom is -0.489 e.